The van der Waals surface area contributed by atoms with Gasteiger partial charge in [0.2, 0.25) is 0 Å². The molecule has 1 amide bonds. The number of sulfonamides is 1. The lowest BCUT2D eigenvalue weighted by Crippen LogP contribution is -2.38. The highest BCUT2D eigenvalue weighted by Gasteiger charge is 2.18. The minimum absolute atomic E-state index is 0.159. The standard InChI is InChI=1S/C19H21BrN2O5S2/c20-16-10-11-18(28-16)29(25,26)22-15-8-6-13(7-9-15)19(24)27-12-17(23)21-14-4-2-1-3-5-14/h6-11,14,22H,1-5,12H2,(H,21,23). The molecule has 10 heteroatoms. The minimum Gasteiger partial charge on any atom is -0.452 e. The van der Waals surface area contributed by atoms with Crippen LogP contribution in [0.25, 0.3) is 0 Å². The summed E-state index contributed by atoms with van der Waals surface area (Å²) in [5, 5.41) is 2.88. The Kier molecular flexibility index (Phi) is 7.31. The van der Waals surface area contributed by atoms with Gasteiger partial charge in [-0.15, -0.1) is 11.3 Å². The fraction of sp³-hybridized carbons (Fsp3) is 0.368. The molecule has 1 aliphatic carbocycles. The normalized spacial score (nSPS) is 14.9. The summed E-state index contributed by atoms with van der Waals surface area (Å²) < 4.78 is 33.0. The molecule has 1 aromatic carbocycles. The number of halogens is 1. The average molecular weight is 501 g/mol. The second-order valence-electron chi connectivity index (χ2n) is 6.72. The van der Waals surface area contributed by atoms with E-state index >= 15 is 0 Å². The second-order valence-corrected chi connectivity index (χ2v) is 11.1. The van der Waals surface area contributed by atoms with Crippen LogP contribution in [0, 0.1) is 0 Å². The molecule has 156 valence electrons. The van der Waals surface area contributed by atoms with Gasteiger partial charge in [0.1, 0.15) is 4.21 Å². The number of esters is 1. The van der Waals surface area contributed by atoms with Crippen molar-refractivity contribution in [2.75, 3.05) is 11.3 Å². The number of thiophene rings is 1. The molecule has 1 heterocycles. The van der Waals surface area contributed by atoms with Crippen molar-refractivity contribution in [2.24, 2.45) is 0 Å². The Morgan fingerprint density at radius 3 is 2.38 bits per heavy atom. The summed E-state index contributed by atoms with van der Waals surface area (Å²) in [6, 6.07) is 9.15. The Morgan fingerprint density at radius 1 is 1.07 bits per heavy atom. The highest BCUT2D eigenvalue weighted by atomic mass is 79.9. The molecule has 7 nitrogen and oxygen atoms in total. The molecular formula is C19H21BrN2O5S2. The lowest BCUT2D eigenvalue weighted by molar-refractivity contribution is -0.125. The van der Waals surface area contributed by atoms with Crippen LogP contribution >= 0.6 is 27.3 Å². The highest BCUT2D eigenvalue weighted by Crippen LogP contribution is 2.27. The quantitative estimate of drug-likeness (QED) is 0.561. The van der Waals surface area contributed by atoms with E-state index in [0.29, 0.717) is 9.47 Å². The molecule has 2 aromatic rings. The fourth-order valence-electron chi connectivity index (χ4n) is 3.05. The number of amides is 1. The third-order valence-electron chi connectivity index (χ3n) is 4.49. The summed E-state index contributed by atoms with van der Waals surface area (Å²) in [6.07, 6.45) is 5.31. The van der Waals surface area contributed by atoms with E-state index in [-0.39, 0.29) is 28.3 Å². The number of rotatable bonds is 7. The van der Waals surface area contributed by atoms with Crippen molar-refractivity contribution in [3.63, 3.8) is 0 Å². The summed E-state index contributed by atoms with van der Waals surface area (Å²) in [5.74, 6) is -0.947. The first-order chi connectivity index (χ1) is 13.8. The summed E-state index contributed by atoms with van der Waals surface area (Å²) in [4.78, 5) is 24.0. The number of carbonyl (C=O) groups is 2. The Hall–Kier alpha value is -1.91. The van der Waals surface area contributed by atoms with Gasteiger partial charge in [-0.2, -0.15) is 0 Å². The molecule has 0 spiro atoms. The first-order valence-corrected chi connectivity index (χ1v) is 12.3. The maximum absolute atomic E-state index is 12.3. The molecule has 0 bridgehead atoms. The smallest absolute Gasteiger partial charge is 0.338 e. The number of nitrogens with one attached hydrogen (secondary N) is 2. The van der Waals surface area contributed by atoms with E-state index < -0.39 is 16.0 Å². The Balaban J connectivity index is 1.51. The molecule has 3 rings (SSSR count). The van der Waals surface area contributed by atoms with E-state index in [9.17, 15) is 18.0 Å². The molecule has 1 aromatic heterocycles. The van der Waals surface area contributed by atoms with Crippen molar-refractivity contribution in [1.82, 2.24) is 5.32 Å². The van der Waals surface area contributed by atoms with Gasteiger partial charge in [-0.25, -0.2) is 13.2 Å². The largest absolute Gasteiger partial charge is 0.452 e. The summed E-state index contributed by atoms with van der Waals surface area (Å²) in [7, 11) is -3.69. The average Bonchev–Trinajstić information content (AvgIpc) is 3.15. The predicted molar refractivity (Wildman–Crippen MR) is 115 cm³/mol. The third kappa shape index (κ3) is 6.28. The van der Waals surface area contributed by atoms with E-state index in [1.54, 1.807) is 6.07 Å². The van der Waals surface area contributed by atoms with E-state index in [1.807, 2.05) is 0 Å². The van der Waals surface area contributed by atoms with Crippen LogP contribution in [0.5, 0.6) is 0 Å². The zero-order valence-electron chi connectivity index (χ0n) is 15.5. The predicted octanol–water partition coefficient (Wildman–Crippen LogP) is 3.92. The molecule has 0 aliphatic heterocycles. The third-order valence-corrected chi connectivity index (χ3v) is 7.99. The molecular weight excluding hydrogens is 480 g/mol. The van der Waals surface area contributed by atoms with Gasteiger partial charge in [0.15, 0.2) is 6.61 Å². The van der Waals surface area contributed by atoms with Crippen LogP contribution in [-0.4, -0.2) is 32.9 Å². The van der Waals surface area contributed by atoms with Crippen LogP contribution < -0.4 is 10.0 Å². The van der Waals surface area contributed by atoms with E-state index in [0.717, 1.165) is 37.0 Å². The maximum atomic E-state index is 12.3. The Morgan fingerprint density at radius 2 is 1.76 bits per heavy atom. The van der Waals surface area contributed by atoms with Crippen molar-refractivity contribution in [2.45, 2.75) is 42.4 Å². The van der Waals surface area contributed by atoms with Gasteiger partial charge in [-0.05, 0) is 65.2 Å². The monoisotopic (exact) mass is 500 g/mol. The second kappa shape index (κ2) is 9.73. The van der Waals surface area contributed by atoms with Gasteiger partial charge in [0.25, 0.3) is 15.9 Å². The van der Waals surface area contributed by atoms with Gasteiger partial charge in [0, 0.05) is 11.7 Å². The summed E-state index contributed by atoms with van der Waals surface area (Å²) in [6.45, 7) is -0.336. The molecule has 0 saturated heterocycles. The Labute approximate surface area is 182 Å². The molecule has 29 heavy (non-hydrogen) atoms. The van der Waals surface area contributed by atoms with E-state index in [2.05, 4.69) is 26.0 Å². The lowest BCUT2D eigenvalue weighted by atomic mass is 9.95. The first-order valence-electron chi connectivity index (χ1n) is 9.18. The molecule has 0 radical (unpaired) electrons. The molecule has 0 atom stereocenters. The number of benzene rings is 1. The van der Waals surface area contributed by atoms with Crippen molar-refractivity contribution in [3.05, 3.63) is 45.7 Å². The lowest BCUT2D eigenvalue weighted by Gasteiger charge is -2.22. The highest BCUT2D eigenvalue weighted by molar-refractivity contribution is 9.11. The maximum Gasteiger partial charge on any atom is 0.338 e. The van der Waals surface area contributed by atoms with Crippen LogP contribution in [0.4, 0.5) is 5.69 Å². The zero-order chi connectivity index (χ0) is 20.9. The van der Waals surface area contributed by atoms with Gasteiger partial charge < -0.3 is 10.1 Å². The Bertz CT molecular complexity index is 967. The van der Waals surface area contributed by atoms with E-state index in [1.165, 1.54) is 36.8 Å². The van der Waals surface area contributed by atoms with Crippen LogP contribution in [0.15, 0.2) is 44.4 Å². The van der Waals surface area contributed by atoms with Crippen molar-refractivity contribution < 1.29 is 22.7 Å². The van der Waals surface area contributed by atoms with Crippen LogP contribution in [-0.2, 0) is 19.6 Å². The van der Waals surface area contributed by atoms with Crippen LogP contribution in [0.3, 0.4) is 0 Å². The topological polar surface area (TPSA) is 102 Å². The van der Waals surface area contributed by atoms with Gasteiger partial charge >= 0.3 is 5.97 Å². The number of ether oxygens (including phenoxy) is 1. The first kappa shape index (κ1) is 21.8. The SMILES string of the molecule is O=C(COC(=O)c1ccc(NS(=O)(=O)c2ccc(Br)s2)cc1)NC1CCCCC1. The number of hydrogen-bond donors (Lipinski definition) is 2. The number of hydrogen-bond acceptors (Lipinski definition) is 6. The summed E-state index contributed by atoms with van der Waals surface area (Å²) in [5.41, 5.74) is 0.554. The number of carbonyl (C=O) groups excluding carboxylic acids is 2. The van der Waals surface area contributed by atoms with E-state index in [4.69, 9.17) is 4.74 Å². The zero-order valence-corrected chi connectivity index (χ0v) is 18.7. The number of anilines is 1. The van der Waals surface area contributed by atoms with Crippen molar-refractivity contribution >= 4 is 54.9 Å². The van der Waals surface area contributed by atoms with Crippen LogP contribution in [0.1, 0.15) is 42.5 Å². The fourth-order valence-corrected chi connectivity index (χ4v) is 6.12. The van der Waals surface area contributed by atoms with Gasteiger partial charge in [0.05, 0.1) is 9.35 Å². The van der Waals surface area contributed by atoms with Gasteiger partial charge in [-0.3, -0.25) is 9.52 Å². The molecule has 2 N–H and O–H groups in total. The summed E-state index contributed by atoms with van der Waals surface area (Å²) >= 11 is 4.33. The molecule has 1 saturated carbocycles. The molecule has 0 unspecified atom stereocenters. The molecule has 1 fully saturated rings. The van der Waals surface area contributed by atoms with Gasteiger partial charge in [-0.1, -0.05) is 19.3 Å². The van der Waals surface area contributed by atoms with Crippen LogP contribution in [0.2, 0.25) is 0 Å². The van der Waals surface area contributed by atoms with Crippen molar-refractivity contribution in [1.29, 1.82) is 0 Å². The van der Waals surface area contributed by atoms with Crippen molar-refractivity contribution in [3.8, 4) is 0 Å². The molecule has 1 aliphatic rings. The minimum atomic E-state index is -3.69.